The molecule has 0 fully saturated rings. The van der Waals surface area contributed by atoms with Gasteiger partial charge in [-0.25, -0.2) is 21.2 Å². The van der Waals surface area contributed by atoms with Gasteiger partial charge in [0, 0.05) is 22.7 Å². The van der Waals surface area contributed by atoms with Crippen molar-refractivity contribution in [1.82, 2.24) is 4.41 Å². The summed E-state index contributed by atoms with van der Waals surface area (Å²) in [4.78, 5) is 0. The highest BCUT2D eigenvalue weighted by Crippen LogP contribution is 2.39. The van der Waals surface area contributed by atoms with Crippen LogP contribution < -0.4 is 4.72 Å². The zero-order valence-corrected chi connectivity index (χ0v) is 17.3. The molecule has 0 spiro atoms. The number of hydrazone groups is 1. The first-order valence-electron chi connectivity index (χ1n) is 8.05. The van der Waals surface area contributed by atoms with Gasteiger partial charge in [-0.1, -0.05) is 29.8 Å². The van der Waals surface area contributed by atoms with Crippen LogP contribution in [0.3, 0.4) is 0 Å². The van der Waals surface area contributed by atoms with Crippen molar-refractivity contribution in [3.05, 3.63) is 64.4 Å². The second kappa shape index (κ2) is 7.34. The van der Waals surface area contributed by atoms with E-state index in [1.54, 1.807) is 18.2 Å². The minimum Gasteiger partial charge on any atom is -0.284 e. The van der Waals surface area contributed by atoms with Crippen molar-refractivity contribution in [3.8, 4) is 0 Å². The van der Waals surface area contributed by atoms with Gasteiger partial charge in [-0.3, -0.25) is 4.72 Å². The summed E-state index contributed by atoms with van der Waals surface area (Å²) in [5, 5.41) is 4.27. The summed E-state index contributed by atoms with van der Waals surface area (Å²) in [5.74, 6) is -0.630. The molecule has 0 saturated carbocycles. The predicted octanol–water partition coefficient (Wildman–Crippen LogP) is 2.96. The maximum Gasteiger partial charge on any atom is 0.247 e. The fraction of sp³-hybridized carbons (Fsp3) is 0.235. The van der Waals surface area contributed by atoms with Crippen molar-refractivity contribution in [3.63, 3.8) is 0 Å². The smallest absolute Gasteiger partial charge is 0.247 e. The van der Waals surface area contributed by atoms with Crippen LogP contribution >= 0.6 is 11.6 Å². The van der Waals surface area contributed by atoms with Crippen molar-refractivity contribution in [1.29, 1.82) is 0 Å². The molecule has 1 aliphatic rings. The van der Waals surface area contributed by atoms with Crippen LogP contribution in [0.25, 0.3) is 0 Å². The molecule has 150 valence electrons. The van der Waals surface area contributed by atoms with Gasteiger partial charge in [-0.05, 0) is 29.8 Å². The molecule has 1 heterocycles. The molecular formula is C17H17ClFN3O4S2. The highest BCUT2D eigenvalue weighted by atomic mass is 35.5. The van der Waals surface area contributed by atoms with Gasteiger partial charge in [0.05, 0.1) is 24.3 Å². The molecule has 7 nitrogen and oxygen atoms in total. The van der Waals surface area contributed by atoms with Crippen LogP contribution in [0.15, 0.2) is 47.6 Å². The number of halogens is 2. The number of nitrogens with zero attached hydrogens (tertiary/aromatic N) is 2. The van der Waals surface area contributed by atoms with E-state index in [2.05, 4.69) is 9.82 Å². The maximum absolute atomic E-state index is 14.4. The third kappa shape index (κ3) is 4.45. The highest BCUT2D eigenvalue weighted by Gasteiger charge is 2.37. The topological polar surface area (TPSA) is 95.9 Å². The average Bonchev–Trinajstić information content (AvgIpc) is 2.98. The molecule has 1 N–H and O–H groups in total. The third-order valence-corrected chi connectivity index (χ3v) is 6.00. The molecule has 2 aromatic rings. The summed E-state index contributed by atoms with van der Waals surface area (Å²) in [6, 6.07) is 9.54. The fourth-order valence-electron chi connectivity index (χ4n) is 2.99. The lowest BCUT2D eigenvalue weighted by molar-refractivity contribution is 0.365. The van der Waals surface area contributed by atoms with Crippen LogP contribution in [-0.4, -0.2) is 39.5 Å². The molecule has 0 amide bonds. The SMILES string of the molecule is CS(=O)(=O)Nc1cccc(C2=NN(S(C)(=O)=O)C(c3c(F)cccc3Cl)C2)c1. The molecule has 2 aromatic carbocycles. The Morgan fingerprint density at radius 3 is 2.43 bits per heavy atom. The van der Waals surface area contributed by atoms with Crippen molar-refractivity contribution in [2.45, 2.75) is 12.5 Å². The van der Waals surface area contributed by atoms with Gasteiger partial charge in [0.2, 0.25) is 20.0 Å². The third-order valence-electron chi connectivity index (χ3n) is 4.04. The Kier molecular flexibility index (Phi) is 5.39. The molecule has 1 unspecified atom stereocenters. The molecule has 1 aliphatic heterocycles. The Morgan fingerprint density at radius 2 is 1.82 bits per heavy atom. The van der Waals surface area contributed by atoms with Crippen molar-refractivity contribution in [2.24, 2.45) is 5.10 Å². The zero-order chi connectivity index (χ0) is 20.7. The molecule has 28 heavy (non-hydrogen) atoms. The lowest BCUT2D eigenvalue weighted by Gasteiger charge is -2.22. The van der Waals surface area contributed by atoms with E-state index >= 15 is 0 Å². The van der Waals surface area contributed by atoms with E-state index in [9.17, 15) is 21.2 Å². The van der Waals surface area contributed by atoms with E-state index in [4.69, 9.17) is 11.6 Å². The van der Waals surface area contributed by atoms with Gasteiger partial charge in [0.1, 0.15) is 5.82 Å². The van der Waals surface area contributed by atoms with Crippen molar-refractivity contribution in [2.75, 3.05) is 17.2 Å². The summed E-state index contributed by atoms with van der Waals surface area (Å²) in [6.45, 7) is 0. The molecule has 1 atom stereocenters. The number of sulfonamides is 2. The summed E-state index contributed by atoms with van der Waals surface area (Å²) < 4.78 is 65.0. The van der Waals surface area contributed by atoms with Crippen LogP contribution in [0.1, 0.15) is 23.6 Å². The normalized spacial score (nSPS) is 17.5. The minimum atomic E-state index is -3.80. The molecule has 11 heteroatoms. The lowest BCUT2D eigenvalue weighted by Crippen LogP contribution is -2.26. The van der Waals surface area contributed by atoms with E-state index in [1.165, 1.54) is 24.3 Å². The number of hydrogen-bond acceptors (Lipinski definition) is 5. The van der Waals surface area contributed by atoms with Gasteiger partial charge in [-0.15, -0.1) is 0 Å². The number of benzene rings is 2. The van der Waals surface area contributed by atoms with E-state index in [-0.39, 0.29) is 17.0 Å². The van der Waals surface area contributed by atoms with E-state index in [0.717, 1.165) is 16.9 Å². The van der Waals surface area contributed by atoms with Crippen LogP contribution in [0.4, 0.5) is 10.1 Å². The first-order chi connectivity index (χ1) is 13.0. The largest absolute Gasteiger partial charge is 0.284 e. The lowest BCUT2D eigenvalue weighted by atomic mass is 9.98. The number of anilines is 1. The minimum absolute atomic E-state index is 0.0405. The molecule has 0 bridgehead atoms. The van der Waals surface area contributed by atoms with Gasteiger partial charge < -0.3 is 0 Å². The van der Waals surface area contributed by atoms with Crippen molar-refractivity contribution < 1.29 is 21.2 Å². The second-order valence-corrected chi connectivity index (χ2v) is 10.4. The standard InChI is InChI=1S/C17H17ClFN3O4S2/c1-27(23,24)21-12-6-3-5-11(9-12)15-10-16(22(20-15)28(2,25)26)17-13(18)7-4-8-14(17)19/h3-9,16,21H,10H2,1-2H3. The Hall–Kier alpha value is -2.17. The monoisotopic (exact) mass is 445 g/mol. The summed E-state index contributed by atoms with van der Waals surface area (Å²) in [7, 11) is -7.28. The Labute approximate surface area is 167 Å². The predicted molar refractivity (Wildman–Crippen MR) is 107 cm³/mol. The first kappa shape index (κ1) is 20.6. The van der Waals surface area contributed by atoms with E-state index in [0.29, 0.717) is 17.0 Å². The van der Waals surface area contributed by atoms with Gasteiger partial charge in [0.25, 0.3) is 0 Å². The van der Waals surface area contributed by atoms with E-state index in [1.807, 2.05) is 0 Å². The second-order valence-electron chi connectivity index (χ2n) is 6.39. The van der Waals surface area contributed by atoms with Crippen LogP contribution in [-0.2, 0) is 20.0 Å². The zero-order valence-electron chi connectivity index (χ0n) is 14.9. The average molecular weight is 446 g/mol. The Bertz CT molecular complexity index is 1150. The molecule has 0 aromatic heterocycles. The van der Waals surface area contributed by atoms with Gasteiger partial charge in [0.15, 0.2) is 0 Å². The maximum atomic E-state index is 14.4. The number of hydrogen-bond donors (Lipinski definition) is 1. The highest BCUT2D eigenvalue weighted by molar-refractivity contribution is 7.92. The Morgan fingerprint density at radius 1 is 1.14 bits per heavy atom. The molecule has 0 radical (unpaired) electrons. The van der Waals surface area contributed by atoms with Crippen LogP contribution in [0, 0.1) is 5.82 Å². The Balaban J connectivity index is 2.04. The summed E-state index contributed by atoms with van der Waals surface area (Å²) in [6.07, 6.45) is 2.08. The molecular weight excluding hydrogens is 429 g/mol. The number of nitrogens with one attached hydrogen (secondary N) is 1. The molecule has 0 aliphatic carbocycles. The van der Waals surface area contributed by atoms with E-state index < -0.39 is 31.9 Å². The first-order valence-corrected chi connectivity index (χ1v) is 12.2. The summed E-state index contributed by atoms with van der Waals surface area (Å²) >= 11 is 6.13. The van der Waals surface area contributed by atoms with Crippen LogP contribution in [0.5, 0.6) is 0 Å². The summed E-state index contributed by atoms with van der Waals surface area (Å²) in [5.41, 5.74) is 1.23. The number of rotatable bonds is 5. The quantitative estimate of drug-likeness (QED) is 0.765. The van der Waals surface area contributed by atoms with Crippen molar-refractivity contribution >= 4 is 43.0 Å². The van der Waals surface area contributed by atoms with Gasteiger partial charge in [-0.2, -0.15) is 9.52 Å². The van der Waals surface area contributed by atoms with Crippen LogP contribution in [0.2, 0.25) is 5.02 Å². The fourth-order valence-corrected chi connectivity index (χ4v) is 4.72. The van der Waals surface area contributed by atoms with Gasteiger partial charge >= 0.3 is 0 Å². The molecule has 0 saturated heterocycles. The molecule has 3 rings (SSSR count).